The van der Waals surface area contributed by atoms with Crippen molar-refractivity contribution in [2.75, 3.05) is 34.3 Å². The van der Waals surface area contributed by atoms with Crippen LogP contribution >= 0.6 is 0 Å². The summed E-state index contributed by atoms with van der Waals surface area (Å²) < 4.78 is 48.9. The summed E-state index contributed by atoms with van der Waals surface area (Å²) in [5.41, 5.74) is 0.408. The molecule has 0 unspecified atom stereocenters. The van der Waals surface area contributed by atoms with Crippen molar-refractivity contribution in [1.29, 1.82) is 0 Å². The number of carbonyl (C=O) groups excluding carboxylic acids is 2. The third-order valence-electron chi connectivity index (χ3n) is 4.63. The Morgan fingerprint density at radius 1 is 1.17 bits per heavy atom. The van der Waals surface area contributed by atoms with Crippen molar-refractivity contribution in [3.63, 3.8) is 0 Å². The smallest absolute Gasteiger partial charge is 0.406 e. The largest absolute Gasteiger partial charge is 0.497 e. The number of alkyl halides is 3. The standard InChI is InChI=1S/C20H23F3N2O5/c1-12-14-6-5-13(29-4)9-16(14)30-19(28)15(12)7-8-17(26)25(11-20(21,22)23)10-18(27)24(2)3/h5-6,9H,7-8,10-11H2,1-4H3. The molecule has 0 aliphatic rings. The van der Waals surface area contributed by atoms with Crippen molar-refractivity contribution in [3.05, 3.63) is 39.7 Å². The van der Waals surface area contributed by atoms with E-state index >= 15 is 0 Å². The molecule has 164 valence electrons. The second kappa shape index (κ2) is 9.19. The number of fused-ring (bicyclic) bond motifs is 1. The van der Waals surface area contributed by atoms with Gasteiger partial charge in [-0.1, -0.05) is 0 Å². The molecule has 1 heterocycles. The molecule has 0 aliphatic heterocycles. The van der Waals surface area contributed by atoms with E-state index in [9.17, 15) is 27.6 Å². The van der Waals surface area contributed by atoms with Gasteiger partial charge in [0.15, 0.2) is 0 Å². The molecular formula is C20H23F3N2O5. The van der Waals surface area contributed by atoms with Gasteiger partial charge in [-0.25, -0.2) is 4.79 Å². The lowest BCUT2D eigenvalue weighted by Gasteiger charge is -2.25. The molecule has 0 spiro atoms. The van der Waals surface area contributed by atoms with E-state index in [0.29, 0.717) is 27.2 Å². The first-order valence-electron chi connectivity index (χ1n) is 9.08. The minimum absolute atomic E-state index is 0.112. The Balaban J connectivity index is 2.24. The molecule has 30 heavy (non-hydrogen) atoms. The molecule has 0 bridgehead atoms. The minimum Gasteiger partial charge on any atom is -0.497 e. The van der Waals surface area contributed by atoms with Gasteiger partial charge in [0, 0.05) is 37.5 Å². The van der Waals surface area contributed by atoms with Crippen LogP contribution in [0, 0.1) is 6.92 Å². The van der Waals surface area contributed by atoms with Crippen LogP contribution in [0.4, 0.5) is 13.2 Å². The number of ether oxygens (including phenoxy) is 1. The van der Waals surface area contributed by atoms with Gasteiger partial charge in [-0.3, -0.25) is 9.59 Å². The quantitative estimate of drug-likeness (QED) is 0.634. The number of halogens is 3. The van der Waals surface area contributed by atoms with Gasteiger partial charge in [0.05, 0.1) is 7.11 Å². The van der Waals surface area contributed by atoms with Gasteiger partial charge in [0.25, 0.3) is 0 Å². The fraction of sp³-hybridized carbons (Fsp3) is 0.450. The average Bonchev–Trinajstić information content (AvgIpc) is 2.65. The first kappa shape index (κ1) is 23.2. The average molecular weight is 428 g/mol. The Bertz CT molecular complexity index is 998. The SMILES string of the molecule is COc1ccc2c(C)c(CCC(=O)N(CC(=O)N(C)C)CC(F)(F)F)c(=O)oc2c1. The first-order chi connectivity index (χ1) is 13.9. The van der Waals surface area contributed by atoms with Crippen LogP contribution in [0.1, 0.15) is 17.5 Å². The number of methoxy groups -OCH3 is 1. The number of amides is 2. The summed E-state index contributed by atoms with van der Waals surface area (Å²) in [4.78, 5) is 38.2. The topological polar surface area (TPSA) is 80.1 Å². The summed E-state index contributed by atoms with van der Waals surface area (Å²) in [5, 5.41) is 0.632. The Morgan fingerprint density at radius 2 is 1.83 bits per heavy atom. The summed E-state index contributed by atoms with van der Waals surface area (Å²) in [6, 6.07) is 4.93. The third-order valence-corrected chi connectivity index (χ3v) is 4.63. The van der Waals surface area contributed by atoms with E-state index in [-0.39, 0.29) is 18.4 Å². The maximum Gasteiger partial charge on any atom is 0.406 e. The van der Waals surface area contributed by atoms with Gasteiger partial charge < -0.3 is 19.0 Å². The first-order valence-corrected chi connectivity index (χ1v) is 9.08. The van der Waals surface area contributed by atoms with Crippen molar-refractivity contribution >= 4 is 22.8 Å². The highest BCUT2D eigenvalue weighted by Crippen LogP contribution is 2.25. The summed E-state index contributed by atoms with van der Waals surface area (Å²) >= 11 is 0. The van der Waals surface area contributed by atoms with Crippen molar-refractivity contribution in [2.45, 2.75) is 25.9 Å². The second-order valence-corrected chi connectivity index (χ2v) is 7.01. The van der Waals surface area contributed by atoms with Crippen LogP contribution in [0.2, 0.25) is 0 Å². The number of nitrogens with zero attached hydrogens (tertiary/aromatic N) is 2. The molecule has 0 N–H and O–H groups in total. The van der Waals surface area contributed by atoms with Crippen LogP contribution in [0.25, 0.3) is 11.0 Å². The van der Waals surface area contributed by atoms with Gasteiger partial charge in [-0.2, -0.15) is 13.2 Å². The van der Waals surface area contributed by atoms with E-state index in [2.05, 4.69) is 0 Å². The van der Waals surface area contributed by atoms with Gasteiger partial charge in [0.1, 0.15) is 24.4 Å². The van der Waals surface area contributed by atoms with Crippen LogP contribution in [0.3, 0.4) is 0 Å². The second-order valence-electron chi connectivity index (χ2n) is 7.01. The molecule has 0 saturated heterocycles. The number of hydrogen-bond donors (Lipinski definition) is 0. The lowest BCUT2D eigenvalue weighted by Crippen LogP contribution is -2.45. The molecule has 7 nitrogen and oxygen atoms in total. The number of aryl methyl sites for hydroxylation is 1. The molecule has 2 rings (SSSR count). The Kier molecular flexibility index (Phi) is 7.12. The summed E-state index contributed by atoms with van der Waals surface area (Å²) in [5.74, 6) is -1.01. The molecule has 0 aliphatic carbocycles. The predicted molar refractivity (Wildman–Crippen MR) is 103 cm³/mol. The number of carbonyl (C=O) groups is 2. The van der Waals surface area contributed by atoms with Gasteiger partial charge in [-0.05, 0) is 31.0 Å². The highest BCUT2D eigenvalue weighted by atomic mass is 19.4. The summed E-state index contributed by atoms with van der Waals surface area (Å²) in [7, 11) is 4.24. The fourth-order valence-corrected chi connectivity index (χ4v) is 2.93. The molecule has 2 amide bonds. The van der Waals surface area contributed by atoms with Crippen molar-refractivity contribution < 1.29 is 31.9 Å². The van der Waals surface area contributed by atoms with Crippen molar-refractivity contribution in [3.8, 4) is 5.75 Å². The molecule has 2 aromatic rings. The van der Waals surface area contributed by atoms with E-state index in [4.69, 9.17) is 9.15 Å². The normalized spacial score (nSPS) is 11.4. The predicted octanol–water partition coefficient (Wildman–Crippen LogP) is 2.52. The monoisotopic (exact) mass is 428 g/mol. The van der Waals surface area contributed by atoms with Crippen LogP contribution in [0.5, 0.6) is 5.75 Å². The van der Waals surface area contributed by atoms with Crippen LogP contribution in [-0.2, 0) is 16.0 Å². The van der Waals surface area contributed by atoms with E-state index in [1.54, 1.807) is 25.1 Å². The van der Waals surface area contributed by atoms with Gasteiger partial charge in [-0.15, -0.1) is 0 Å². The lowest BCUT2D eigenvalue weighted by atomic mass is 10.0. The molecular weight excluding hydrogens is 405 g/mol. The lowest BCUT2D eigenvalue weighted by molar-refractivity contribution is -0.164. The maximum absolute atomic E-state index is 12.9. The van der Waals surface area contributed by atoms with E-state index in [0.717, 1.165) is 4.90 Å². The zero-order valence-electron chi connectivity index (χ0n) is 17.1. The molecule has 0 atom stereocenters. The molecule has 0 fully saturated rings. The molecule has 10 heteroatoms. The molecule has 1 aromatic carbocycles. The highest BCUT2D eigenvalue weighted by molar-refractivity contribution is 5.85. The maximum atomic E-state index is 12.9. The van der Waals surface area contributed by atoms with Crippen LogP contribution in [-0.4, -0.2) is 62.1 Å². The Hall–Kier alpha value is -3.04. The number of rotatable bonds is 7. The van der Waals surface area contributed by atoms with E-state index in [1.807, 2.05) is 0 Å². The Morgan fingerprint density at radius 3 is 2.40 bits per heavy atom. The molecule has 0 radical (unpaired) electrons. The Labute approximate surface area is 171 Å². The summed E-state index contributed by atoms with van der Waals surface area (Å²) in [6.07, 6.45) is -5.14. The zero-order chi connectivity index (χ0) is 22.6. The van der Waals surface area contributed by atoms with Crippen LogP contribution < -0.4 is 10.4 Å². The highest BCUT2D eigenvalue weighted by Gasteiger charge is 2.34. The fourth-order valence-electron chi connectivity index (χ4n) is 2.93. The number of benzene rings is 1. The van der Waals surface area contributed by atoms with E-state index in [1.165, 1.54) is 21.2 Å². The summed E-state index contributed by atoms with van der Waals surface area (Å²) in [6.45, 7) is -0.568. The van der Waals surface area contributed by atoms with Crippen molar-refractivity contribution in [1.82, 2.24) is 9.80 Å². The number of hydrogen-bond acceptors (Lipinski definition) is 5. The van der Waals surface area contributed by atoms with Crippen molar-refractivity contribution in [2.24, 2.45) is 0 Å². The van der Waals surface area contributed by atoms with Gasteiger partial charge in [0.2, 0.25) is 11.8 Å². The molecule has 1 aromatic heterocycles. The van der Waals surface area contributed by atoms with Gasteiger partial charge >= 0.3 is 11.8 Å². The molecule has 0 saturated carbocycles. The third kappa shape index (κ3) is 5.74. The minimum atomic E-state index is -4.65. The number of likely N-dealkylation sites (N-methyl/N-ethyl adjacent to an activating group) is 1. The van der Waals surface area contributed by atoms with Crippen LogP contribution in [0.15, 0.2) is 27.4 Å². The van der Waals surface area contributed by atoms with E-state index < -0.39 is 36.7 Å². The zero-order valence-corrected chi connectivity index (χ0v) is 17.1.